The van der Waals surface area contributed by atoms with Crippen molar-refractivity contribution in [2.75, 3.05) is 56.4 Å². The lowest BCUT2D eigenvalue weighted by molar-refractivity contribution is 0.160. The van der Waals surface area contributed by atoms with Gasteiger partial charge in [0.25, 0.3) is 0 Å². The van der Waals surface area contributed by atoms with Gasteiger partial charge >= 0.3 is 0 Å². The van der Waals surface area contributed by atoms with E-state index in [4.69, 9.17) is 15.0 Å². The molecule has 2 aliphatic rings. The van der Waals surface area contributed by atoms with E-state index in [1.54, 1.807) is 0 Å². The molecule has 9 heteroatoms. The van der Waals surface area contributed by atoms with Crippen LogP contribution in [0.4, 0.5) is 17.8 Å². The second-order valence-electron chi connectivity index (χ2n) is 14.5. The molecule has 0 amide bonds. The third-order valence-electron chi connectivity index (χ3n) is 7.74. The smallest absolute Gasteiger partial charge is 0.231 e. The van der Waals surface area contributed by atoms with Gasteiger partial charge in [-0.1, -0.05) is 0 Å². The molecule has 0 radical (unpaired) electrons. The minimum Gasteiger partial charge on any atom is -0.354 e. The normalized spacial score (nSPS) is 23.2. The molecule has 37 heavy (non-hydrogen) atoms. The first kappa shape index (κ1) is 29.8. The quantitative estimate of drug-likeness (QED) is 0.424. The van der Waals surface area contributed by atoms with Crippen molar-refractivity contribution in [3.05, 3.63) is 0 Å². The molecule has 2 aliphatic heterocycles. The van der Waals surface area contributed by atoms with E-state index < -0.39 is 0 Å². The Labute approximate surface area is 226 Å². The first-order chi connectivity index (χ1) is 16.9. The fourth-order valence-electron chi connectivity index (χ4n) is 6.76. The van der Waals surface area contributed by atoms with Crippen LogP contribution in [0.1, 0.15) is 87.5 Å². The van der Waals surface area contributed by atoms with E-state index in [-0.39, 0.29) is 22.2 Å². The largest absolute Gasteiger partial charge is 0.354 e. The van der Waals surface area contributed by atoms with Crippen LogP contribution in [0.25, 0.3) is 0 Å². The summed E-state index contributed by atoms with van der Waals surface area (Å²) in [6.07, 6.45) is 5.17. The summed E-state index contributed by atoms with van der Waals surface area (Å²) in [5.74, 6) is 2.16. The highest BCUT2D eigenvalue weighted by molar-refractivity contribution is 5.46. The summed E-state index contributed by atoms with van der Waals surface area (Å²) in [5.41, 5.74) is 0.194. The second kappa shape index (κ2) is 10.8. The first-order valence-electron chi connectivity index (χ1n) is 14.1. The average Bonchev–Trinajstić information content (AvgIpc) is 2.71. The van der Waals surface area contributed by atoms with Gasteiger partial charge < -0.3 is 30.7 Å². The van der Waals surface area contributed by atoms with E-state index in [0.717, 1.165) is 57.1 Å². The number of nitrogens with zero attached hydrogens (tertiary/aromatic N) is 6. The number of anilines is 3. The molecule has 0 atom stereocenters. The van der Waals surface area contributed by atoms with E-state index in [0.29, 0.717) is 18.0 Å². The highest BCUT2D eigenvalue weighted by Crippen LogP contribution is 2.35. The van der Waals surface area contributed by atoms with Gasteiger partial charge in [0, 0.05) is 54.9 Å². The fraction of sp³-hybridized carbons (Fsp3) is 0.893. The number of aromatic nitrogens is 3. The lowest BCUT2D eigenvalue weighted by Gasteiger charge is -2.49. The van der Waals surface area contributed by atoms with Crippen molar-refractivity contribution in [1.29, 1.82) is 0 Å². The van der Waals surface area contributed by atoms with Crippen molar-refractivity contribution in [2.45, 2.75) is 122 Å². The van der Waals surface area contributed by atoms with Crippen molar-refractivity contribution >= 4 is 17.8 Å². The minimum absolute atomic E-state index is 0.0485. The molecule has 1 aromatic rings. The molecule has 0 bridgehead atoms. The molecule has 0 unspecified atom stereocenters. The molecule has 0 aliphatic carbocycles. The molecule has 0 spiro atoms. The van der Waals surface area contributed by atoms with Crippen LogP contribution in [0.2, 0.25) is 0 Å². The van der Waals surface area contributed by atoms with E-state index in [2.05, 4.69) is 114 Å². The maximum absolute atomic E-state index is 5.07. The van der Waals surface area contributed by atoms with Crippen LogP contribution >= 0.6 is 0 Å². The van der Waals surface area contributed by atoms with E-state index in [9.17, 15) is 0 Å². The molecular formula is C28H55N9. The van der Waals surface area contributed by atoms with Crippen molar-refractivity contribution in [2.24, 2.45) is 0 Å². The maximum Gasteiger partial charge on any atom is 0.231 e. The van der Waals surface area contributed by atoms with Gasteiger partial charge in [0.15, 0.2) is 0 Å². The van der Waals surface area contributed by atoms with Crippen LogP contribution in [0.5, 0.6) is 0 Å². The molecule has 9 nitrogen and oxygen atoms in total. The van der Waals surface area contributed by atoms with Crippen LogP contribution < -0.4 is 25.8 Å². The van der Waals surface area contributed by atoms with Gasteiger partial charge in [-0.3, -0.25) is 0 Å². The Morgan fingerprint density at radius 1 is 0.676 bits per heavy atom. The highest BCUT2D eigenvalue weighted by atomic mass is 15.4. The number of rotatable bonds is 9. The summed E-state index contributed by atoms with van der Waals surface area (Å²) >= 11 is 0. The lowest BCUT2D eigenvalue weighted by Crippen LogP contribution is -2.62. The van der Waals surface area contributed by atoms with Crippen molar-refractivity contribution in [3.63, 3.8) is 0 Å². The molecule has 212 valence electrons. The fourth-order valence-corrected chi connectivity index (χ4v) is 6.76. The Bertz CT molecular complexity index is 815. The van der Waals surface area contributed by atoms with Gasteiger partial charge in [-0.25, -0.2) is 0 Å². The molecule has 1 aromatic heterocycles. The van der Waals surface area contributed by atoms with E-state index >= 15 is 0 Å². The number of hydrogen-bond donors (Lipinski definition) is 3. The topological polar surface area (TPSA) is 84.5 Å². The number of hydrogen-bond acceptors (Lipinski definition) is 9. The second-order valence-corrected chi connectivity index (χ2v) is 14.5. The molecule has 0 saturated carbocycles. The monoisotopic (exact) mass is 517 g/mol. The summed E-state index contributed by atoms with van der Waals surface area (Å²) in [7, 11) is 8.50. The summed E-state index contributed by atoms with van der Waals surface area (Å²) < 4.78 is 0. The number of piperidine rings is 2. The molecule has 3 N–H and O–H groups in total. The Kier molecular flexibility index (Phi) is 8.72. The predicted molar refractivity (Wildman–Crippen MR) is 157 cm³/mol. The van der Waals surface area contributed by atoms with E-state index in [1.807, 2.05) is 0 Å². The van der Waals surface area contributed by atoms with Gasteiger partial charge in [-0.15, -0.1) is 0 Å². The molecule has 2 saturated heterocycles. The highest BCUT2D eigenvalue weighted by Gasteiger charge is 2.41. The van der Waals surface area contributed by atoms with Crippen molar-refractivity contribution in [3.8, 4) is 0 Å². The average molecular weight is 518 g/mol. The Morgan fingerprint density at radius 2 is 1.05 bits per heavy atom. The first-order valence-corrected chi connectivity index (χ1v) is 14.1. The maximum atomic E-state index is 5.07. The van der Waals surface area contributed by atoms with Gasteiger partial charge in [0.1, 0.15) is 0 Å². The third kappa shape index (κ3) is 8.39. The lowest BCUT2D eigenvalue weighted by atomic mass is 9.79. The standard InChI is InChI=1S/C28H55N9/c1-25(2)16-20(17-26(3,4)33-25)36(11)23-30-22(29-14-13-15-35(9)10)31-24(32-23)37(12)21-18-27(5,6)34-28(7,8)19-21/h20-21,33-34H,13-19H2,1-12H3,(H,29,30,31,32). The van der Waals surface area contributed by atoms with Crippen LogP contribution in [0, 0.1) is 0 Å². The number of nitrogens with one attached hydrogen (secondary N) is 3. The third-order valence-corrected chi connectivity index (χ3v) is 7.74. The SMILES string of the molecule is CN(C)CCCNc1nc(N(C)C2CC(C)(C)NC(C)(C)C2)nc(N(C)C2CC(C)(C)NC(C)(C)C2)n1. The van der Waals surface area contributed by atoms with Crippen LogP contribution in [0.3, 0.4) is 0 Å². The molecule has 0 aromatic carbocycles. The van der Waals surface area contributed by atoms with Gasteiger partial charge in [-0.2, -0.15) is 15.0 Å². The van der Waals surface area contributed by atoms with Gasteiger partial charge in [0.2, 0.25) is 17.8 Å². The zero-order valence-corrected chi connectivity index (χ0v) is 25.8. The minimum atomic E-state index is 0.0485. The van der Waals surface area contributed by atoms with Crippen LogP contribution in [0.15, 0.2) is 0 Å². The van der Waals surface area contributed by atoms with Crippen LogP contribution in [-0.2, 0) is 0 Å². The van der Waals surface area contributed by atoms with Gasteiger partial charge in [0.05, 0.1) is 0 Å². The van der Waals surface area contributed by atoms with Crippen molar-refractivity contribution < 1.29 is 0 Å². The predicted octanol–water partition coefficient (Wildman–Crippen LogP) is 3.73. The van der Waals surface area contributed by atoms with Crippen molar-refractivity contribution in [1.82, 2.24) is 30.5 Å². The zero-order chi connectivity index (χ0) is 27.8. The molecule has 3 rings (SSSR count). The Balaban J connectivity index is 1.91. The Morgan fingerprint density at radius 3 is 1.41 bits per heavy atom. The van der Waals surface area contributed by atoms with Crippen LogP contribution in [-0.4, -0.2) is 95.4 Å². The molecule has 2 fully saturated rings. The zero-order valence-electron chi connectivity index (χ0n) is 25.8. The summed E-state index contributed by atoms with van der Waals surface area (Å²) in [6.45, 7) is 20.2. The van der Waals surface area contributed by atoms with E-state index in [1.165, 1.54) is 0 Å². The summed E-state index contributed by atoms with van der Waals surface area (Å²) in [6, 6.07) is 0.676. The molecule has 3 heterocycles. The summed E-state index contributed by atoms with van der Waals surface area (Å²) in [5, 5.41) is 11.1. The summed E-state index contributed by atoms with van der Waals surface area (Å²) in [4.78, 5) is 21.7. The van der Waals surface area contributed by atoms with Gasteiger partial charge in [-0.05, 0) is 108 Å². The molecular weight excluding hydrogens is 462 g/mol. The Hall–Kier alpha value is -1.71.